The first-order valence-electron chi connectivity index (χ1n) is 14.4. The molecule has 2 N–H and O–H groups in total. The van der Waals surface area contributed by atoms with Crippen LogP contribution in [0.5, 0.6) is 5.75 Å². The number of ether oxygens (including phenoxy) is 2. The molecule has 2 aromatic heterocycles. The summed E-state index contributed by atoms with van der Waals surface area (Å²) in [6, 6.07) is 11.2. The molecule has 42 heavy (non-hydrogen) atoms. The molecule has 11 heteroatoms. The number of aromatic nitrogens is 2. The Morgan fingerprint density at radius 1 is 1.17 bits per heavy atom. The summed E-state index contributed by atoms with van der Waals surface area (Å²) in [5.41, 5.74) is 3.86. The molecule has 0 bridgehead atoms. The molecule has 3 aromatic rings. The predicted octanol–water partition coefficient (Wildman–Crippen LogP) is 4.27. The van der Waals surface area contributed by atoms with Gasteiger partial charge in [-0.15, -0.1) is 0 Å². The number of alkyl halides is 1. The second-order valence-electron chi connectivity index (χ2n) is 11.1. The van der Waals surface area contributed by atoms with Crippen LogP contribution in [0.1, 0.15) is 48.7 Å². The number of carbonyl (C=O) groups excluding carboxylic acids is 1. The van der Waals surface area contributed by atoms with Gasteiger partial charge in [-0.2, -0.15) is 0 Å². The Labute approximate surface area is 251 Å². The number of piperidine rings is 1. The molecule has 0 saturated carbocycles. The lowest BCUT2D eigenvalue weighted by molar-refractivity contribution is -0.143. The molecule has 0 unspecified atom stereocenters. The van der Waals surface area contributed by atoms with Crippen molar-refractivity contribution in [3.05, 3.63) is 65.6 Å². The number of nitrogens with zero attached hydrogens (tertiary/aromatic N) is 4. The summed E-state index contributed by atoms with van der Waals surface area (Å²) in [5, 5.41) is 10.4. The molecule has 0 spiro atoms. The number of hydrogen-bond donors (Lipinski definition) is 2. The van der Waals surface area contributed by atoms with Gasteiger partial charge in [0.25, 0.3) is 0 Å². The normalized spacial score (nSPS) is 18.5. The minimum absolute atomic E-state index is 0.131. The molecule has 0 aliphatic carbocycles. The topological polar surface area (TPSA) is 100 Å². The number of halogens is 1. The first-order valence-corrected chi connectivity index (χ1v) is 14.8. The zero-order valence-corrected chi connectivity index (χ0v) is 24.7. The fourth-order valence-corrected chi connectivity index (χ4v) is 6.37. The number of amides is 1. The minimum atomic E-state index is -1.34. The fourth-order valence-electron chi connectivity index (χ4n) is 6.06. The highest BCUT2D eigenvalue weighted by atomic mass is 32.1. The molecule has 2 aliphatic heterocycles. The number of carbonyl (C=O) groups is 1. The second-order valence-corrected chi connectivity index (χ2v) is 11.6. The van der Waals surface area contributed by atoms with Crippen LogP contribution in [0.2, 0.25) is 0 Å². The second kappa shape index (κ2) is 13.9. The van der Waals surface area contributed by atoms with Crippen LogP contribution in [0, 0.1) is 5.41 Å². The number of hydrogen-bond acceptors (Lipinski definition) is 9. The molecule has 0 radical (unpaired) electrons. The summed E-state index contributed by atoms with van der Waals surface area (Å²) in [4.78, 5) is 27.2. The van der Waals surface area contributed by atoms with E-state index in [4.69, 9.17) is 21.7 Å². The van der Waals surface area contributed by atoms with Crippen molar-refractivity contribution in [1.82, 2.24) is 25.2 Å². The van der Waals surface area contributed by atoms with Crippen molar-refractivity contribution in [2.45, 2.75) is 38.4 Å². The van der Waals surface area contributed by atoms with Gasteiger partial charge in [0.1, 0.15) is 11.9 Å². The summed E-state index contributed by atoms with van der Waals surface area (Å²) in [6.45, 7) is 5.16. The van der Waals surface area contributed by atoms with Crippen LogP contribution in [-0.2, 0) is 16.1 Å². The molecule has 2 saturated heterocycles. The van der Waals surface area contributed by atoms with E-state index >= 15 is 4.39 Å². The Morgan fingerprint density at radius 2 is 1.95 bits per heavy atom. The number of likely N-dealkylation sites (tertiary alicyclic amines) is 1. The van der Waals surface area contributed by atoms with Crippen LogP contribution in [-0.4, -0.2) is 88.8 Å². The van der Waals surface area contributed by atoms with Gasteiger partial charge in [-0.05, 0) is 74.7 Å². The molecule has 1 atom stereocenters. The molecule has 9 nitrogen and oxygen atoms in total. The minimum Gasteiger partial charge on any atom is -0.497 e. The number of nitrogens with one attached hydrogen (secondary N) is 1. The van der Waals surface area contributed by atoms with Gasteiger partial charge in [-0.3, -0.25) is 29.8 Å². The number of benzene rings is 1. The SMILES string of the molecule is COc1ccc2ncc(CN3CCOCC3)c([C@H](F)CCC3(C(=O)NO)CCN(CC(=S)c4ccccn4)CC3)c2c1. The predicted molar refractivity (Wildman–Crippen MR) is 161 cm³/mol. The molecule has 1 amide bonds. The van der Waals surface area contributed by atoms with E-state index in [2.05, 4.69) is 19.8 Å². The van der Waals surface area contributed by atoms with E-state index in [9.17, 15) is 10.0 Å². The van der Waals surface area contributed by atoms with Crippen molar-refractivity contribution < 1.29 is 23.9 Å². The van der Waals surface area contributed by atoms with Crippen molar-refractivity contribution in [3.8, 4) is 5.75 Å². The van der Waals surface area contributed by atoms with E-state index in [1.54, 1.807) is 19.5 Å². The maximum Gasteiger partial charge on any atom is 0.249 e. The third-order valence-electron chi connectivity index (χ3n) is 8.60. The maximum absolute atomic E-state index is 16.5. The number of pyridine rings is 2. The summed E-state index contributed by atoms with van der Waals surface area (Å²) in [5.74, 6) is 0.171. The standard InChI is InChI=1S/C31H38FN5O4S/c1-40-23-5-6-26-24(18-23)29(22(19-34-26)20-37-14-16-41-17-15-37)25(32)7-8-31(30(38)35-39)9-12-36(13-10-31)21-28(42)27-4-2-3-11-33-27/h2-6,11,18-19,25,39H,7-10,12-17,20-21H2,1H3,(H,35,38)/t25-/m1/s1. The smallest absolute Gasteiger partial charge is 0.249 e. The highest BCUT2D eigenvalue weighted by molar-refractivity contribution is 7.80. The van der Waals surface area contributed by atoms with Crippen molar-refractivity contribution >= 4 is 33.9 Å². The largest absolute Gasteiger partial charge is 0.497 e. The van der Waals surface area contributed by atoms with Gasteiger partial charge in [-0.1, -0.05) is 18.3 Å². The number of hydroxylamine groups is 1. The monoisotopic (exact) mass is 595 g/mol. The van der Waals surface area contributed by atoms with Crippen LogP contribution in [0.15, 0.2) is 48.8 Å². The first kappa shape index (κ1) is 30.4. The van der Waals surface area contributed by atoms with Crippen LogP contribution >= 0.6 is 12.2 Å². The third-order valence-corrected chi connectivity index (χ3v) is 8.94. The average molecular weight is 596 g/mol. The van der Waals surface area contributed by atoms with E-state index < -0.39 is 17.5 Å². The van der Waals surface area contributed by atoms with Crippen molar-refractivity contribution in [2.24, 2.45) is 5.41 Å². The van der Waals surface area contributed by atoms with E-state index in [0.29, 0.717) is 80.9 Å². The Morgan fingerprint density at radius 3 is 2.64 bits per heavy atom. The Balaban J connectivity index is 1.33. The van der Waals surface area contributed by atoms with Gasteiger partial charge in [0.2, 0.25) is 5.91 Å². The van der Waals surface area contributed by atoms with Crippen LogP contribution in [0.25, 0.3) is 10.9 Å². The Kier molecular flexibility index (Phi) is 10.1. The van der Waals surface area contributed by atoms with Crippen molar-refractivity contribution in [1.29, 1.82) is 0 Å². The van der Waals surface area contributed by atoms with E-state index in [-0.39, 0.29) is 6.42 Å². The Hall–Kier alpha value is -3.09. The molecule has 4 heterocycles. The van der Waals surface area contributed by atoms with Crippen LogP contribution < -0.4 is 10.2 Å². The number of methoxy groups -OCH3 is 1. The zero-order chi connectivity index (χ0) is 29.5. The lowest BCUT2D eigenvalue weighted by atomic mass is 9.73. The first-order chi connectivity index (χ1) is 20.4. The van der Waals surface area contributed by atoms with Crippen molar-refractivity contribution in [2.75, 3.05) is 53.0 Å². The van der Waals surface area contributed by atoms with E-state index in [1.165, 1.54) is 0 Å². The highest BCUT2D eigenvalue weighted by Gasteiger charge is 2.42. The molecule has 5 rings (SSSR count). The number of thiocarbonyl (C=S) groups is 1. The van der Waals surface area contributed by atoms with E-state index in [1.807, 2.05) is 41.9 Å². The lowest BCUT2D eigenvalue weighted by Gasteiger charge is -2.40. The lowest BCUT2D eigenvalue weighted by Crippen LogP contribution is -2.49. The molecule has 2 aliphatic rings. The van der Waals surface area contributed by atoms with Gasteiger partial charge in [0.05, 0.1) is 41.8 Å². The van der Waals surface area contributed by atoms with Gasteiger partial charge in [0.15, 0.2) is 0 Å². The number of morpholine rings is 1. The summed E-state index contributed by atoms with van der Waals surface area (Å²) >= 11 is 5.60. The summed E-state index contributed by atoms with van der Waals surface area (Å²) in [7, 11) is 1.59. The highest BCUT2D eigenvalue weighted by Crippen LogP contribution is 2.41. The van der Waals surface area contributed by atoms with Gasteiger partial charge >= 0.3 is 0 Å². The average Bonchev–Trinajstić information content (AvgIpc) is 3.04. The molecule has 224 valence electrons. The van der Waals surface area contributed by atoms with Gasteiger partial charge in [-0.25, -0.2) is 9.87 Å². The molecule has 1 aromatic carbocycles. The zero-order valence-electron chi connectivity index (χ0n) is 23.9. The van der Waals surface area contributed by atoms with Crippen LogP contribution in [0.4, 0.5) is 4.39 Å². The maximum atomic E-state index is 16.5. The number of fused-ring (bicyclic) bond motifs is 1. The molecular formula is C31H38FN5O4S. The Bertz CT molecular complexity index is 1380. The van der Waals surface area contributed by atoms with Gasteiger partial charge in [0, 0.05) is 49.5 Å². The third kappa shape index (κ3) is 6.92. The quantitative estimate of drug-likeness (QED) is 0.146. The summed E-state index contributed by atoms with van der Waals surface area (Å²) in [6.07, 6.45) is 3.56. The summed E-state index contributed by atoms with van der Waals surface area (Å²) < 4.78 is 27.5. The van der Waals surface area contributed by atoms with Crippen molar-refractivity contribution in [3.63, 3.8) is 0 Å². The number of rotatable bonds is 11. The molecule has 2 fully saturated rings. The fraction of sp³-hybridized carbons (Fsp3) is 0.484. The van der Waals surface area contributed by atoms with Gasteiger partial charge < -0.3 is 9.47 Å². The molecular weight excluding hydrogens is 557 g/mol. The van der Waals surface area contributed by atoms with Crippen LogP contribution in [0.3, 0.4) is 0 Å². The van der Waals surface area contributed by atoms with E-state index in [0.717, 1.165) is 29.2 Å².